The Labute approximate surface area is 189 Å². The Balaban J connectivity index is 2.64. The predicted octanol–water partition coefficient (Wildman–Crippen LogP) is 2.83. The van der Waals surface area contributed by atoms with Gasteiger partial charge in [-0.1, -0.05) is 6.92 Å². The second kappa shape index (κ2) is 10.9. The van der Waals surface area contributed by atoms with Crippen LogP contribution in [-0.2, 0) is 14.8 Å². The molecule has 32 heavy (non-hydrogen) atoms. The zero-order valence-electron chi connectivity index (χ0n) is 19.2. The number of hydrogen-bond donors (Lipinski definition) is 1. The highest BCUT2D eigenvalue weighted by Crippen LogP contribution is 2.37. The third-order valence-corrected chi connectivity index (χ3v) is 6.66. The van der Waals surface area contributed by atoms with Crippen molar-refractivity contribution >= 4 is 21.6 Å². The van der Waals surface area contributed by atoms with E-state index in [9.17, 15) is 13.2 Å². The van der Waals surface area contributed by atoms with E-state index in [1.165, 1.54) is 52.7 Å². The Morgan fingerprint density at radius 3 is 2.12 bits per heavy atom. The van der Waals surface area contributed by atoms with Crippen LogP contribution in [0.25, 0.3) is 0 Å². The third kappa shape index (κ3) is 5.56. The molecule has 0 aliphatic carbocycles. The normalized spacial score (nSPS) is 11.9. The summed E-state index contributed by atoms with van der Waals surface area (Å²) in [7, 11) is 1.55. The summed E-state index contributed by atoms with van der Waals surface area (Å²) in [6.45, 7) is 3.32. The molecule has 10 heteroatoms. The molecule has 0 fully saturated rings. The van der Waals surface area contributed by atoms with Gasteiger partial charge in [-0.15, -0.1) is 0 Å². The number of nitrogens with one attached hydrogen (secondary N) is 1. The number of methoxy groups -OCH3 is 4. The number of amides is 1. The molecule has 0 spiro atoms. The number of ether oxygens (including phenoxy) is 4. The summed E-state index contributed by atoms with van der Waals surface area (Å²) in [6.07, 6.45) is 0.705. The lowest BCUT2D eigenvalue weighted by molar-refractivity contribution is -0.120. The Kier molecular flexibility index (Phi) is 8.59. The van der Waals surface area contributed by atoms with Crippen LogP contribution < -0.4 is 28.6 Å². The molecule has 1 amide bonds. The zero-order valence-corrected chi connectivity index (χ0v) is 20.0. The molecule has 0 bridgehead atoms. The van der Waals surface area contributed by atoms with E-state index in [4.69, 9.17) is 18.9 Å². The molecular formula is C22H30N2O7S. The minimum Gasteiger partial charge on any atom is -0.497 e. The summed E-state index contributed by atoms with van der Waals surface area (Å²) >= 11 is 0. The maximum Gasteiger partial charge on any atom is 0.265 e. The second-order valence-corrected chi connectivity index (χ2v) is 8.81. The van der Waals surface area contributed by atoms with Crippen LogP contribution in [0.1, 0.15) is 20.3 Å². The van der Waals surface area contributed by atoms with Crippen LogP contribution in [0.3, 0.4) is 0 Å². The van der Waals surface area contributed by atoms with Crippen LogP contribution >= 0.6 is 0 Å². The average molecular weight is 467 g/mol. The van der Waals surface area contributed by atoms with E-state index in [-0.39, 0.29) is 28.1 Å². The first kappa shape index (κ1) is 25.1. The van der Waals surface area contributed by atoms with Crippen molar-refractivity contribution in [3.63, 3.8) is 0 Å². The molecule has 176 valence electrons. The van der Waals surface area contributed by atoms with Crippen molar-refractivity contribution in [2.45, 2.75) is 31.2 Å². The van der Waals surface area contributed by atoms with Gasteiger partial charge < -0.3 is 24.3 Å². The van der Waals surface area contributed by atoms with Gasteiger partial charge in [0.05, 0.1) is 39.0 Å². The summed E-state index contributed by atoms with van der Waals surface area (Å²) < 4.78 is 49.5. The lowest BCUT2D eigenvalue weighted by Gasteiger charge is -2.27. The summed E-state index contributed by atoms with van der Waals surface area (Å²) in [4.78, 5) is 12.6. The molecule has 0 saturated carbocycles. The fourth-order valence-corrected chi connectivity index (χ4v) is 4.39. The highest BCUT2D eigenvalue weighted by atomic mass is 32.2. The first-order chi connectivity index (χ1) is 15.2. The summed E-state index contributed by atoms with van der Waals surface area (Å²) in [6, 6.07) is 8.85. The lowest BCUT2D eigenvalue weighted by Crippen LogP contribution is -2.43. The van der Waals surface area contributed by atoms with Crippen molar-refractivity contribution < 1.29 is 32.2 Å². The number of benzene rings is 2. The largest absolute Gasteiger partial charge is 0.497 e. The van der Waals surface area contributed by atoms with Crippen molar-refractivity contribution in [2.24, 2.45) is 0 Å². The molecule has 0 aromatic heterocycles. The lowest BCUT2D eigenvalue weighted by atomic mass is 10.2. The number of anilines is 1. The predicted molar refractivity (Wildman–Crippen MR) is 122 cm³/mol. The van der Waals surface area contributed by atoms with Crippen molar-refractivity contribution in [1.82, 2.24) is 5.32 Å². The Hall–Kier alpha value is -3.14. The van der Waals surface area contributed by atoms with Crippen LogP contribution in [0.4, 0.5) is 5.69 Å². The highest BCUT2D eigenvalue weighted by molar-refractivity contribution is 7.92. The van der Waals surface area contributed by atoms with E-state index in [0.29, 0.717) is 17.9 Å². The van der Waals surface area contributed by atoms with Gasteiger partial charge in [0.15, 0.2) is 11.5 Å². The molecule has 2 aromatic rings. The van der Waals surface area contributed by atoms with Crippen LogP contribution in [0.5, 0.6) is 23.0 Å². The monoisotopic (exact) mass is 466 g/mol. The molecule has 9 nitrogen and oxygen atoms in total. The molecule has 0 aliphatic heterocycles. The van der Waals surface area contributed by atoms with Crippen LogP contribution in [0.2, 0.25) is 0 Å². The van der Waals surface area contributed by atoms with Gasteiger partial charge in [0.2, 0.25) is 5.91 Å². The van der Waals surface area contributed by atoms with Gasteiger partial charge in [0, 0.05) is 18.2 Å². The maximum atomic E-state index is 13.7. The summed E-state index contributed by atoms with van der Waals surface area (Å²) in [5.41, 5.74) is 0.168. The molecule has 2 aromatic carbocycles. The van der Waals surface area contributed by atoms with E-state index < -0.39 is 22.5 Å². The standard InChI is InChI=1S/C22H30N2O7S/c1-7-15(2)23-22(25)14-24(18-12-16(28-3)8-10-19(18)29-4)32(26,27)17-9-11-20(30-5)21(13-17)31-6/h8-13,15H,7,14H2,1-6H3,(H,23,25)/t15-/m1/s1. The first-order valence-corrected chi connectivity index (χ1v) is 11.4. The molecule has 1 atom stereocenters. The number of sulfonamides is 1. The van der Waals surface area contributed by atoms with Gasteiger partial charge in [0.1, 0.15) is 18.0 Å². The molecular weight excluding hydrogens is 436 g/mol. The number of carbonyl (C=O) groups excluding carboxylic acids is 1. The zero-order chi connectivity index (χ0) is 23.9. The first-order valence-electron chi connectivity index (χ1n) is 9.97. The average Bonchev–Trinajstić information content (AvgIpc) is 2.81. The van der Waals surface area contributed by atoms with Crippen LogP contribution in [0, 0.1) is 0 Å². The Morgan fingerprint density at radius 1 is 0.938 bits per heavy atom. The number of hydrogen-bond acceptors (Lipinski definition) is 7. The molecule has 2 rings (SSSR count). The molecule has 0 saturated heterocycles. The van der Waals surface area contributed by atoms with E-state index in [1.807, 2.05) is 13.8 Å². The van der Waals surface area contributed by atoms with Crippen molar-refractivity contribution in [3.8, 4) is 23.0 Å². The molecule has 0 radical (unpaired) electrons. The fraction of sp³-hybridized carbons (Fsp3) is 0.409. The van der Waals surface area contributed by atoms with Gasteiger partial charge >= 0.3 is 0 Å². The van der Waals surface area contributed by atoms with Gasteiger partial charge in [-0.05, 0) is 37.6 Å². The molecule has 0 heterocycles. The van der Waals surface area contributed by atoms with E-state index >= 15 is 0 Å². The van der Waals surface area contributed by atoms with E-state index in [0.717, 1.165) is 4.31 Å². The second-order valence-electron chi connectivity index (χ2n) is 6.94. The SMILES string of the molecule is CC[C@@H](C)NC(=O)CN(c1cc(OC)ccc1OC)S(=O)(=O)c1ccc(OC)c(OC)c1. The van der Waals surface area contributed by atoms with E-state index in [1.54, 1.807) is 12.1 Å². The summed E-state index contributed by atoms with van der Waals surface area (Å²) in [5.74, 6) is 0.858. The molecule has 1 N–H and O–H groups in total. The van der Waals surface area contributed by atoms with Crippen molar-refractivity contribution in [2.75, 3.05) is 39.3 Å². The van der Waals surface area contributed by atoms with Gasteiger partial charge in [-0.2, -0.15) is 0 Å². The number of carbonyl (C=O) groups is 1. The summed E-state index contributed by atoms with van der Waals surface area (Å²) in [5, 5.41) is 2.80. The Morgan fingerprint density at radius 2 is 1.56 bits per heavy atom. The maximum absolute atomic E-state index is 13.7. The number of nitrogens with zero attached hydrogens (tertiary/aromatic N) is 1. The van der Waals surface area contributed by atoms with Crippen LogP contribution in [-0.4, -0.2) is 55.4 Å². The highest BCUT2D eigenvalue weighted by Gasteiger charge is 2.31. The topological polar surface area (TPSA) is 103 Å². The third-order valence-electron chi connectivity index (χ3n) is 4.90. The fourth-order valence-electron chi connectivity index (χ4n) is 2.95. The van der Waals surface area contributed by atoms with Gasteiger partial charge in [-0.3, -0.25) is 9.10 Å². The quantitative estimate of drug-likeness (QED) is 0.543. The van der Waals surface area contributed by atoms with E-state index in [2.05, 4.69) is 5.32 Å². The van der Waals surface area contributed by atoms with Crippen molar-refractivity contribution in [3.05, 3.63) is 36.4 Å². The molecule has 0 aliphatic rings. The molecule has 0 unspecified atom stereocenters. The minimum atomic E-state index is -4.21. The minimum absolute atomic E-state index is 0.0728. The smallest absolute Gasteiger partial charge is 0.265 e. The number of rotatable bonds is 11. The Bertz CT molecular complexity index is 1040. The van der Waals surface area contributed by atoms with Crippen LogP contribution in [0.15, 0.2) is 41.3 Å². The van der Waals surface area contributed by atoms with Gasteiger partial charge in [-0.25, -0.2) is 8.42 Å². The van der Waals surface area contributed by atoms with Crippen molar-refractivity contribution in [1.29, 1.82) is 0 Å². The van der Waals surface area contributed by atoms with Gasteiger partial charge in [0.25, 0.3) is 10.0 Å².